The van der Waals surface area contributed by atoms with Gasteiger partial charge in [0.15, 0.2) is 0 Å². The second-order valence-electron chi connectivity index (χ2n) is 14.3. The minimum absolute atomic E-state index is 0.147. The van der Waals surface area contributed by atoms with Crippen LogP contribution >= 0.6 is 0 Å². The van der Waals surface area contributed by atoms with Gasteiger partial charge in [0.25, 0.3) is 0 Å². The first-order valence-corrected chi connectivity index (χ1v) is 13.4. The quantitative estimate of drug-likeness (QED) is 0.425. The van der Waals surface area contributed by atoms with Crippen molar-refractivity contribution in [2.75, 3.05) is 0 Å². The van der Waals surface area contributed by atoms with Gasteiger partial charge in [-0.15, -0.1) is 0 Å². The fourth-order valence-corrected chi connectivity index (χ4v) is 7.36. The molecule has 3 aliphatic carbocycles. The summed E-state index contributed by atoms with van der Waals surface area (Å²) in [5, 5.41) is 0. The molecule has 0 saturated heterocycles. The van der Waals surface area contributed by atoms with Crippen molar-refractivity contribution >= 4 is 0 Å². The van der Waals surface area contributed by atoms with E-state index in [0.717, 1.165) is 6.42 Å². The lowest BCUT2D eigenvalue weighted by Crippen LogP contribution is -2.29. The Morgan fingerprint density at radius 2 is 1.29 bits per heavy atom. The van der Waals surface area contributed by atoms with Crippen LogP contribution in [0.25, 0.3) is 11.1 Å². The summed E-state index contributed by atoms with van der Waals surface area (Å²) in [7, 11) is 0. The molecular formula is C34H44. The van der Waals surface area contributed by atoms with Gasteiger partial charge in [-0.3, -0.25) is 0 Å². The molecule has 2 aromatic rings. The first-order chi connectivity index (χ1) is 15.7. The number of hydrogen-bond acceptors (Lipinski definition) is 0. The van der Waals surface area contributed by atoms with Gasteiger partial charge in [-0.1, -0.05) is 129 Å². The summed E-state index contributed by atoms with van der Waals surface area (Å²) in [6.07, 6.45) is 7.52. The Bertz CT molecular complexity index is 1150. The minimum Gasteiger partial charge on any atom is -0.0735 e. The molecule has 2 unspecified atom stereocenters. The van der Waals surface area contributed by atoms with E-state index in [2.05, 4.69) is 118 Å². The summed E-state index contributed by atoms with van der Waals surface area (Å²) in [4.78, 5) is 0. The third kappa shape index (κ3) is 3.39. The highest BCUT2D eigenvalue weighted by Gasteiger charge is 2.57. The molecule has 34 heavy (non-hydrogen) atoms. The lowest BCUT2D eigenvalue weighted by atomic mass is 9.65. The van der Waals surface area contributed by atoms with E-state index in [1.54, 1.807) is 16.7 Å². The molecule has 5 rings (SSSR count). The Labute approximate surface area is 208 Å². The topological polar surface area (TPSA) is 0 Å². The van der Waals surface area contributed by atoms with Crippen molar-refractivity contribution in [3.63, 3.8) is 0 Å². The molecule has 0 bridgehead atoms. The summed E-state index contributed by atoms with van der Waals surface area (Å²) in [5.74, 6) is 0.967. The molecule has 0 spiro atoms. The molecule has 3 aliphatic rings. The first kappa shape index (κ1) is 23.7. The number of fused-ring (bicyclic) bond motifs is 4. The van der Waals surface area contributed by atoms with Crippen LogP contribution in [-0.2, 0) is 10.8 Å². The maximum absolute atomic E-state index is 2.62. The van der Waals surface area contributed by atoms with Crippen molar-refractivity contribution in [2.45, 2.75) is 98.8 Å². The monoisotopic (exact) mass is 452 g/mol. The minimum atomic E-state index is 0.147. The Balaban J connectivity index is 1.75. The third-order valence-electron chi connectivity index (χ3n) is 9.19. The van der Waals surface area contributed by atoms with E-state index in [-0.39, 0.29) is 21.7 Å². The molecule has 0 heterocycles. The van der Waals surface area contributed by atoms with E-state index < -0.39 is 0 Å². The number of rotatable bonds is 2. The van der Waals surface area contributed by atoms with Crippen LogP contribution in [0.4, 0.5) is 0 Å². The van der Waals surface area contributed by atoms with E-state index in [1.165, 1.54) is 34.2 Å². The average Bonchev–Trinajstić information content (AvgIpc) is 3.36. The Kier molecular flexibility index (Phi) is 5.02. The molecule has 0 aromatic heterocycles. The van der Waals surface area contributed by atoms with Gasteiger partial charge in [0.05, 0.1) is 0 Å². The molecule has 2 aromatic carbocycles. The van der Waals surface area contributed by atoms with Crippen LogP contribution in [0.1, 0.15) is 110 Å². The average molecular weight is 453 g/mol. The zero-order chi connectivity index (χ0) is 24.8. The summed E-state index contributed by atoms with van der Waals surface area (Å²) in [5.41, 5.74) is 12.8. The van der Waals surface area contributed by atoms with Crippen LogP contribution < -0.4 is 0 Å². The molecule has 1 saturated carbocycles. The smallest absolute Gasteiger partial charge is 0.0164 e. The molecule has 0 radical (unpaired) electrons. The van der Waals surface area contributed by atoms with E-state index in [1.807, 2.05) is 0 Å². The van der Waals surface area contributed by atoms with Crippen molar-refractivity contribution in [1.29, 1.82) is 0 Å². The summed E-state index contributed by atoms with van der Waals surface area (Å²) in [6.45, 7) is 23.9. The van der Waals surface area contributed by atoms with Crippen LogP contribution in [0, 0.1) is 16.7 Å². The zero-order valence-corrected chi connectivity index (χ0v) is 23.2. The first-order valence-electron chi connectivity index (χ1n) is 13.4. The molecule has 2 atom stereocenters. The summed E-state index contributed by atoms with van der Waals surface area (Å²) < 4.78 is 0. The molecule has 0 amide bonds. The lowest BCUT2D eigenvalue weighted by Gasteiger charge is -2.38. The molecule has 0 nitrogen and oxygen atoms in total. The highest BCUT2D eigenvalue weighted by atomic mass is 14.6. The van der Waals surface area contributed by atoms with Crippen LogP contribution in [0.5, 0.6) is 0 Å². The van der Waals surface area contributed by atoms with Gasteiger partial charge >= 0.3 is 0 Å². The van der Waals surface area contributed by atoms with Gasteiger partial charge in [0, 0.05) is 11.8 Å². The standard InChI is InChI=1S/C34H44/c1-11-21-16-28-29(17-21)34(10,20-33(28,8)9)30-24-14-12-22(31(2,3)4)18-26(24)27-19-23(32(5,6)7)13-15-25(27)30/h12-19,29-30H,11,20H2,1-10H3. The van der Waals surface area contributed by atoms with Gasteiger partial charge in [-0.05, 0) is 67.9 Å². The summed E-state index contributed by atoms with van der Waals surface area (Å²) in [6, 6.07) is 14.8. The van der Waals surface area contributed by atoms with Gasteiger partial charge in [-0.25, -0.2) is 0 Å². The van der Waals surface area contributed by atoms with Crippen LogP contribution in [0.2, 0.25) is 0 Å². The van der Waals surface area contributed by atoms with E-state index in [9.17, 15) is 0 Å². The second kappa shape index (κ2) is 7.22. The van der Waals surface area contributed by atoms with Crippen LogP contribution in [0.15, 0.2) is 59.7 Å². The van der Waals surface area contributed by atoms with Gasteiger partial charge < -0.3 is 0 Å². The lowest BCUT2D eigenvalue weighted by molar-refractivity contribution is 0.220. The van der Waals surface area contributed by atoms with Crippen LogP contribution in [0.3, 0.4) is 0 Å². The molecule has 0 N–H and O–H groups in total. The van der Waals surface area contributed by atoms with Crippen molar-refractivity contribution in [1.82, 2.24) is 0 Å². The predicted octanol–water partition coefficient (Wildman–Crippen LogP) is 9.72. The molecule has 0 heteroatoms. The molecule has 180 valence electrons. The third-order valence-corrected chi connectivity index (χ3v) is 9.19. The van der Waals surface area contributed by atoms with Crippen LogP contribution in [-0.4, -0.2) is 0 Å². The normalized spacial score (nSPS) is 25.6. The van der Waals surface area contributed by atoms with E-state index >= 15 is 0 Å². The highest BCUT2D eigenvalue weighted by Crippen LogP contribution is 2.68. The number of benzene rings is 2. The van der Waals surface area contributed by atoms with Crippen molar-refractivity contribution in [2.24, 2.45) is 16.7 Å². The fraction of sp³-hybridized carbons (Fsp3) is 0.529. The Morgan fingerprint density at radius 3 is 1.74 bits per heavy atom. The summed E-state index contributed by atoms with van der Waals surface area (Å²) >= 11 is 0. The van der Waals surface area contributed by atoms with Crippen molar-refractivity contribution in [3.8, 4) is 11.1 Å². The Hall–Kier alpha value is -2.08. The maximum Gasteiger partial charge on any atom is 0.0164 e. The second-order valence-corrected chi connectivity index (χ2v) is 14.3. The van der Waals surface area contributed by atoms with Gasteiger partial charge in [-0.2, -0.15) is 0 Å². The maximum atomic E-state index is 2.62. The van der Waals surface area contributed by atoms with Gasteiger partial charge in [0.1, 0.15) is 0 Å². The number of hydrogen-bond donors (Lipinski definition) is 0. The highest BCUT2D eigenvalue weighted by molar-refractivity contribution is 5.81. The number of allylic oxidation sites excluding steroid dienone is 4. The van der Waals surface area contributed by atoms with E-state index in [4.69, 9.17) is 0 Å². The van der Waals surface area contributed by atoms with Gasteiger partial charge in [0.2, 0.25) is 0 Å². The Morgan fingerprint density at radius 1 is 0.794 bits per heavy atom. The molecule has 0 aliphatic heterocycles. The van der Waals surface area contributed by atoms with Crippen molar-refractivity contribution < 1.29 is 0 Å². The predicted molar refractivity (Wildman–Crippen MR) is 148 cm³/mol. The SMILES string of the molecule is CCC1=CC2C(=C1)C(C)(C)CC2(C)C1c2ccc(C(C)(C)C)cc2-c2cc(C(C)(C)C)ccc21. The van der Waals surface area contributed by atoms with E-state index in [0.29, 0.717) is 11.8 Å². The largest absolute Gasteiger partial charge is 0.0735 e. The molecular weight excluding hydrogens is 408 g/mol. The fourth-order valence-electron chi connectivity index (χ4n) is 7.36. The molecule has 1 fully saturated rings. The van der Waals surface area contributed by atoms with Crippen molar-refractivity contribution in [3.05, 3.63) is 82.0 Å². The zero-order valence-electron chi connectivity index (χ0n) is 23.2.